The summed E-state index contributed by atoms with van der Waals surface area (Å²) in [5, 5.41) is 18.4. The van der Waals surface area contributed by atoms with Gasteiger partial charge in [0.1, 0.15) is 18.5 Å². The van der Waals surface area contributed by atoms with Crippen LogP contribution in [-0.2, 0) is 4.79 Å². The quantitative estimate of drug-likeness (QED) is 0.549. The van der Waals surface area contributed by atoms with E-state index in [0.717, 1.165) is 5.69 Å². The van der Waals surface area contributed by atoms with E-state index < -0.39 is 12.1 Å². The predicted octanol–water partition coefficient (Wildman–Crippen LogP) is 1.84. The Bertz CT molecular complexity index is 850. The average molecular weight is 419 g/mol. The second-order valence-corrected chi connectivity index (χ2v) is 6.96. The van der Waals surface area contributed by atoms with Crippen LogP contribution in [0.1, 0.15) is 0 Å². The molecule has 0 spiro atoms. The molecule has 1 fully saturated rings. The molecule has 1 unspecified atom stereocenters. The first-order valence-corrected chi connectivity index (χ1v) is 9.61. The highest BCUT2D eigenvalue weighted by Gasteiger charge is 2.19. The van der Waals surface area contributed by atoms with E-state index in [0.29, 0.717) is 29.5 Å². The summed E-state index contributed by atoms with van der Waals surface area (Å²) in [7, 11) is 0. The molecule has 1 aliphatic heterocycles. The zero-order valence-corrected chi connectivity index (χ0v) is 16.5. The predicted molar refractivity (Wildman–Crippen MR) is 112 cm³/mol. The van der Waals surface area contributed by atoms with Gasteiger partial charge in [0, 0.05) is 25.3 Å². The number of anilines is 2. The molecular formula is C20H23ClN4O4. The number of halogens is 1. The van der Waals surface area contributed by atoms with E-state index >= 15 is 0 Å². The number of nitrogens with zero attached hydrogens (tertiary/aromatic N) is 1. The largest absolute Gasteiger partial charge is 0.491 e. The Balaban J connectivity index is 1.45. The van der Waals surface area contributed by atoms with E-state index in [-0.39, 0.29) is 25.6 Å². The van der Waals surface area contributed by atoms with Crippen molar-refractivity contribution in [3.63, 3.8) is 0 Å². The molecule has 0 saturated carbocycles. The maximum atomic E-state index is 12.1. The number of aliphatic hydroxyl groups excluding tert-OH is 1. The van der Waals surface area contributed by atoms with Crippen LogP contribution in [0.3, 0.4) is 0 Å². The number of carbonyl (C=O) groups excluding carboxylic acids is 2. The molecule has 0 bridgehead atoms. The van der Waals surface area contributed by atoms with Crippen molar-refractivity contribution in [2.45, 2.75) is 6.10 Å². The molecule has 2 aromatic carbocycles. The van der Waals surface area contributed by atoms with Gasteiger partial charge in [-0.15, -0.1) is 0 Å². The molecule has 1 heterocycles. The smallest absolute Gasteiger partial charge is 0.319 e. The average Bonchev–Trinajstić information content (AvgIpc) is 2.71. The number of rotatable bonds is 7. The third-order valence-corrected chi connectivity index (χ3v) is 4.57. The van der Waals surface area contributed by atoms with Gasteiger partial charge in [-0.05, 0) is 30.3 Å². The van der Waals surface area contributed by atoms with Crippen molar-refractivity contribution < 1.29 is 19.4 Å². The van der Waals surface area contributed by atoms with E-state index in [1.54, 1.807) is 30.3 Å². The molecule has 0 aromatic heterocycles. The summed E-state index contributed by atoms with van der Waals surface area (Å²) in [5.74, 6) is 0.598. The van der Waals surface area contributed by atoms with E-state index in [2.05, 4.69) is 16.0 Å². The van der Waals surface area contributed by atoms with Crippen LogP contribution in [0.5, 0.6) is 5.75 Å². The summed E-state index contributed by atoms with van der Waals surface area (Å²) in [4.78, 5) is 25.5. The van der Waals surface area contributed by atoms with Crippen LogP contribution in [0.2, 0.25) is 5.02 Å². The molecule has 1 saturated heterocycles. The molecule has 29 heavy (non-hydrogen) atoms. The number of piperazine rings is 1. The van der Waals surface area contributed by atoms with Crippen molar-refractivity contribution >= 4 is 34.9 Å². The van der Waals surface area contributed by atoms with Crippen molar-refractivity contribution in [1.82, 2.24) is 10.6 Å². The number of nitrogens with one attached hydrogen (secondary N) is 3. The van der Waals surface area contributed by atoms with Crippen molar-refractivity contribution in [3.05, 3.63) is 53.6 Å². The Morgan fingerprint density at radius 1 is 1.28 bits per heavy atom. The first kappa shape index (κ1) is 20.8. The van der Waals surface area contributed by atoms with Gasteiger partial charge in [0.05, 0.1) is 17.3 Å². The second kappa shape index (κ2) is 9.99. The first-order chi connectivity index (χ1) is 14.0. The number of carbonyl (C=O) groups is 2. The third kappa shape index (κ3) is 6.27. The molecule has 3 rings (SSSR count). The summed E-state index contributed by atoms with van der Waals surface area (Å²) >= 11 is 6.32. The lowest BCUT2D eigenvalue weighted by molar-refractivity contribution is -0.120. The number of urea groups is 1. The molecule has 0 radical (unpaired) electrons. The van der Waals surface area contributed by atoms with E-state index in [4.69, 9.17) is 16.3 Å². The van der Waals surface area contributed by atoms with E-state index in [9.17, 15) is 14.7 Å². The Morgan fingerprint density at radius 2 is 2.07 bits per heavy atom. The van der Waals surface area contributed by atoms with Crippen molar-refractivity contribution in [2.75, 3.05) is 43.0 Å². The van der Waals surface area contributed by atoms with Crippen LogP contribution in [0.15, 0.2) is 48.5 Å². The minimum atomic E-state index is -0.850. The molecule has 3 amide bonds. The van der Waals surface area contributed by atoms with Crippen LogP contribution in [0, 0.1) is 0 Å². The SMILES string of the molecule is O=C1CN(c2ccc(NC(=O)NCC(O)COc3ccccc3)cc2Cl)CCN1. The normalized spacial score (nSPS) is 14.7. The number of benzene rings is 2. The van der Waals surface area contributed by atoms with Gasteiger partial charge in [-0.1, -0.05) is 29.8 Å². The van der Waals surface area contributed by atoms with Gasteiger partial charge in [-0.3, -0.25) is 4.79 Å². The lowest BCUT2D eigenvalue weighted by Crippen LogP contribution is -2.47. The molecule has 154 valence electrons. The van der Waals surface area contributed by atoms with Crippen LogP contribution >= 0.6 is 11.6 Å². The lowest BCUT2D eigenvalue weighted by atomic mass is 10.2. The number of ether oxygens (including phenoxy) is 1. The third-order valence-electron chi connectivity index (χ3n) is 4.27. The van der Waals surface area contributed by atoms with Crippen LogP contribution in [0.4, 0.5) is 16.2 Å². The van der Waals surface area contributed by atoms with Gasteiger partial charge >= 0.3 is 6.03 Å². The number of aliphatic hydroxyl groups is 1. The Morgan fingerprint density at radius 3 is 2.79 bits per heavy atom. The lowest BCUT2D eigenvalue weighted by Gasteiger charge is -2.29. The maximum absolute atomic E-state index is 12.1. The van der Waals surface area contributed by atoms with Gasteiger partial charge in [-0.2, -0.15) is 0 Å². The monoisotopic (exact) mass is 418 g/mol. The van der Waals surface area contributed by atoms with Gasteiger partial charge in [-0.25, -0.2) is 4.79 Å². The Labute approximate surface area is 173 Å². The molecule has 8 nitrogen and oxygen atoms in total. The standard InChI is InChI=1S/C20H23ClN4O4/c21-17-10-14(6-7-18(17)25-9-8-22-19(27)12-25)24-20(28)23-11-15(26)13-29-16-4-2-1-3-5-16/h1-7,10,15,26H,8-9,11-13H2,(H,22,27)(H2,23,24,28). The van der Waals surface area contributed by atoms with Crippen molar-refractivity contribution in [3.8, 4) is 5.75 Å². The van der Waals surface area contributed by atoms with Crippen molar-refractivity contribution in [1.29, 1.82) is 0 Å². The number of amides is 3. The molecule has 2 aromatic rings. The van der Waals surface area contributed by atoms with Gasteiger partial charge < -0.3 is 30.7 Å². The van der Waals surface area contributed by atoms with Gasteiger partial charge in [0.15, 0.2) is 0 Å². The van der Waals surface area contributed by atoms with E-state index in [1.807, 2.05) is 23.1 Å². The summed E-state index contributed by atoms with van der Waals surface area (Å²) in [6.07, 6.45) is -0.850. The molecule has 4 N–H and O–H groups in total. The molecule has 0 aliphatic carbocycles. The second-order valence-electron chi connectivity index (χ2n) is 6.55. The number of hydrogen-bond acceptors (Lipinski definition) is 5. The van der Waals surface area contributed by atoms with Crippen LogP contribution < -0.4 is 25.6 Å². The molecule has 1 atom stereocenters. The van der Waals surface area contributed by atoms with E-state index in [1.165, 1.54) is 0 Å². The summed E-state index contributed by atoms with van der Waals surface area (Å²) in [6.45, 7) is 1.58. The van der Waals surface area contributed by atoms with Gasteiger partial charge in [0.2, 0.25) is 5.91 Å². The highest BCUT2D eigenvalue weighted by Crippen LogP contribution is 2.29. The minimum absolute atomic E-state index is 0.0351. The first-order valence-electron chi connectivity index (χ1n) is 9.23. The molecular weight excluding hydrogens is 396 g/mol. The fourth-order valence-corrected chi connectivity index (χ4v) is 3.14. The number of hydrogen-bond donors (Lipinski definition) is 4. The Kier molecular flexibility index (Phi) is 7.15. The van der Waals surface area contributed by atoms with Crippen molar-refractivity contribution in [2.24, 2.45) is 0 Å². The molecule has 9 heteroatoms. The molecule has 1 aliphatic rings. The highest BCUT2D eigenvalue weighted by molar-refractivity contribution is 6.33. The summed E-state index contributed by atoms with van der Waals surface area (Å²) in [6, 6.07) is 13.8. The zero-order chi connectivity index (χ0) is 20.6. The summed E-state index contributed by atoms with van der Waals surface area (Å²) in [5.41, 5.74) is 1.24. The fraction of sp³-hybridized carbons (Fsp3) is 0.300. The highest BCUT2D eigenvalue weighted by atomic mass is 35.5. The zero-order valence-electron chi connectivity index (χ0n) is 15.7. The van der Waals surface area contributed by atoms with Crippen LogP contribution in [-0.4, -0.2) is 55.9 Å². The maximum Gasteiger partial charge on any atom is 0.319 e. The fourth-order valence-electron chi connectivity index (χ4n) is 2.84. The van der Waals surface area contributed by atoms with Crippen LogP contribution in [0.25, 0.3) is 0 Å². The van der Waals surface area contributed by atoms with Gasteiger partial charge in [0.25, 0.3) is 0 Å². The Hall–Kier alpha value is -2.97. The number of para-hydroxylation sites is 1. The minimum Gasteiger partial charge on any atom is -0.491 e. The summed E-state index contributed by atoms with van der Waals surface area (Å²) < 4.78 is 5.44. The topological polar surface area (TPSA) is 103 Å².